The number of benzene rings is 1. The Morgan fingerprint density at radius 2 is 1.44 bits per heavy atom. The van der Waals surface area contributed by atoms with Gasteiger partial charge in [-0.25, -0.2) is 16.8 Å². The number of rotatable bonds is 12. The van der Waals surface area contributed by atoms with E-state index in [1.807, 2.05) is 0 Å². The van der Waals surface area contributed by atoms with E-state index in [0.29, 0.717) is 0 Å². The molecule has 1 aliphatic heterocycles. The van der Waals surface area contributed by atoms with Gasteiger partial charge in [0, 0.05) is 32.3 Å². The van der Waals surface area contributed by atoms with Crippen molar-refractivity contribution in [1.29, 1.82) is 0 Å². The quantitative estimate of drug-likeness (QED) is 0.387. The van der Waals surface area contributed by atoms with Crippen molar-refractivity contribution in [3.8, 4) is 0 Å². The Kier molecular flexibility index (Phi) is 8.99. The Hall–Kier alpha value is -2.32. The Labute approximate surface area is 201 Å². The zero-order valence-electron chi connectivity index (χ0n) is 20.0. The van der Waals surface area contributed by atoms with Crippen molar-refractivity contribution in [1.82, 2.24) is 13.5 Å². The van der Waals surface area contributed by atoms with Gasteiger partial charge in [0.1, 0.15) is 10.6 Å². The first-order chi connectivity index (χ1) is 15.9. The average molecular weight is 517 g/mol. The average Bonchev–Trinajstić information content (AvgIpc) is 3.03. The van der Waals surface area contributed by atoms with Crippen molar-refractivity contribution in [2.45, 2.75) is 44.4 Å². The summed E-state index contributed by atoms with van der Waals surface area (Å²) in [6, 6.07) is 2.43. The van der Waals surface area contributed by atoms with Gasteiger partial charge in [-0.05, 0) is 24.6 Å². The molecular weight excluding hydrogens is 484 g/mol. The van der Waals surface area contributed by atoms with Crippen LogP contribution in [0.2, 0.25) is 0 Å². The molecule has 0 saturated carbocycles. The number of imide groups is 1. The Morgan fingerprint density at radius 1 is 0.912 bits per heavy atom. The lowest BCUT2D eigenvalue weighted by Gasteiger charge is -2.24. The van der Waals surface area contributed by atoms with Crippen LogP contribution in [0.5, 0.6) is 0 Å². The second-order valence-electron chi connectivity index (χ2n) is 7.49. The lowest BCUT2D eigenvalue weighted by Crippen LogP contribution is -2.35. The number of carbonyl (C=O) groups excluding carboxylic acids is 2. The van der Waals surface area contributed by atoms with Gasteiger partial charge in [-0.15, -0.1) is 0 Å². The molecule has 2 rings (SSSR count). The van der Waals surface area contributed by atoms with Gasteiger partial charge in [0.25, 0.3) is 11.8 Å². The maximum absolute atomic E-state index is 13.5. The second kappa shape index (κ2) is 11.0. The highest BCUT2D eigenvalue weighted by Crippen LogP contribution is 2.34. The van der Waals surface area contributed by atoms with Gasteiger partial charge >= 0.3 is 0 Å². The molecule has 190 valence electrons. The first kappa shape index (κ1) is 27.9. The monoisotopic (exact) mass is 516 g/mol. The number of hydrogen-bond acceptors (Lipinski definition) is 8. The largest absolute Gasteiger partial charge is 0.395 e. The highest BCUT2D eigenvalue weighted by atomic mass is 32.2. The van der Waals surface area contributed by atoms with Crippen molar-refractivity contribution in [3.63, 3.8) is 0 Å². The number of aryl methyl sites for hydroxylation is 1. The molecule has 0 bridgehead atoms. The summed E-state index contributed by atoms with van der Waals surface area (Å²) in [5.41, 5.74) is 0.0984. The number of carbonyl (C=O) groups is 2. The topological polar surface area (TPSA) is 144 Å². The van der Waals surface area contributed by atoms with E-state index in [1.54, 1.807) is 27.7 Å². The maximum atomic E-state index is 13.5. The van der Waals surface area contributed by atoms with E-state index in [-0.39, 0.29) is 59.5 Å². The van der Waals surface area contributed by atoms with E-state index in [9.17, 15) is 26.4 Å². The molecule has 0 saturated heterocycles. The number of nitrogens with one attached hydrogen (secondary N) is 1. The summed E-state index contributed by atoms with van der Waals surface area (Å²) in [6.45, 7) is 8.30. The van der Waals surface area contributed by atoms with Crippen LogP contribution in [0.25, 0.3) is 0 Å². The zero-order chi connectivity index (χ0) is 25.8. The van der Waals surface area contributed by atoms with Crippen LogP contribution >= 0.6 is 0 Å². The summed E-state index contributed by atoms with van der Waals surface area (Å²) in [6.07, 6.45) is 1.02. The fourth-order valence-corrected chi connectivity index (χ4v) is 7.04. The van der Waals surface area contributed by atoms with Crippen LogP contribution in [0.4, 0.5) is 5.69 Å². The van der Waals surface area contributed by atoms with Gasteiger partial charge in [0.2, 0.25) is 20.0 Å². The molecule has 1 aliphatic rings. The number of hydrogen-bond donors (Lipinski definition) is 2. The number of anilines is 1. The third kappa shape index (κ3) is 5.18. The molecule has 0 fully saturated rings. The van der Waals surface area contributed by atoms with E-state index in [0.717, 1.165) is 17.0 Å². The standard InChI is InChI=1S/C21H32N4O7S2/c1-6-23(7-2)33(29,30)16-12-15(5)20(18(13-16)34(31,32)24(8-3)9-4)22-17-14-19(27)25(10-11-26)21(17)28/h12-14,22,26H,6-11H2,1-5H3. The molecule has 1 heterocycles. The van der Waals surface area contributed by atoms with Crippen LogP contribution in [-0.4, -0.2) is 86.6 Å². The molecule has 34 heavy (non-hydrogen) atoms. The van der Waals surface area contributed by atoms with E-state index in [1.165, 1.54) is 21.6 Å². The molecule has 0 atom stereocenters. The Bertz CT molecular complexity index is 1190. The minimum absolute atomic E-state index is 0.00338. The molecule has 11 nitrogen and oxygen atoms in total. The summed E-state index contributed by atoms with van der Waals surface area (Å²) in [5, 5.41) is 11.8. The molecule has 13 heteroatoms. The van der Waals surface area contributed by atoms with Gasteiger partial charge in [-0.2, -0.15) is 8.61 Å². The van der Waals surface area contributed by atoms with Crippen LogP contribution in [0.3, 0.4) is 0 Å². The number of nitrogens with zero attached hydrogens (tertiary/aromatic N) is 3. The minimum Gasteiger partial charge on any atom is -0.395 e. The lowest BCUT2D eigenvalue weighted by molar-refractivity contribution is -0.137. The summed E-state index contributed by atoms with van der Waals surface area (Å²) >= 11 is 0. The fourth-order valence-electron chi connectivity index (χ4n) is 3.70. The van der Waals surface area contributed by atoms with Crippen LogP contribution in [0.15, 0.2) is 33.7 Å². The summed E-state index contributed by atoms with van der Waals surface area (Å²) < 4.78 is 55.7. The maximum Gasteiger partial charge on any atom is 0.277 e. The van der Waals surface area contributed by atoms with E-state index in [2.05, 4.69) is 5.32 Å². The third-order valence-electron chi connectivity index (χ3n) is 5.53. The third-order valence-corrected chi connectivity index (χ3v) is 9.63. The van der Waals surface area contributed by atoms with Crippen molar-refractivity contribution < 1.29 is 31.5 Å². The minimum atomic E-state index is -4.16. The molecule has 1 aromatic carbocycles. The first-order valence-electron chi connectivity index (χ1n) is 11.0. The van der Waals surface area contributed by atoms with Gasteiger partial charge in [-0.3, -0.25) is 14.5 Å². The number of aliphatic hydroxyl groups excluding tert-OH is 1. The molecule has 2 N–H and O–H groups in total. The van der Waals surface area contributed by atoms with Crippen molar-refractivity contribution in [3.05, 3.63) is 29.5 Å². The molecule has 0 spiro atoms. The normalized spacial score (nSPS) is 14.9. The highest BCUT2D eigenvalue weighted by Gasteiger charge is 2.34. The number of sulfonamides is 2. The number of β-amino-alcohol motifs (C(OH)–C–C–N with tert-alkyl or cyclic N) is 1. The first-order valence-corrected chi connectivity index (χ1v) is 13.9. The predicted octanol–water partition coefficient (Wildman–Crippen LogP) is 0.713. The molecule has 0 unspecified atom stereocenters. The van der Waals surface area contributed by atoms with Gasteiger partial charge in [0.15, 0.2) is 0 Å². The summed E-state index contributed by atoms with van der Waals surface area (Å²) in [5.74, 6) is -1.36. The van der Waals surface area contributed by atoms with Crippen molar-refractivity contribution in [2.75, 3.05) is 44.6 Å². The predicted molar refractivity (Wildman–Crippen MR) is 127 cm³/mol. The molecule has 0 aromatic heterocycles. The van der Waals surface area contributed by atoms with Crippen molar-refractivity contribution in [2.24, 2.45) is 0 Å². The molecule has 0 radical (unpaired) electrons. The second-order valence-corrected chi connectivity index (χ2v) is 11.3. The van der Waals surface area contributed by atoms with E-state index >= 15 is 0 Å². The molecule has 1 aromatic rings. The van der Waals surface area contributed by atoms with Crippen LogP contribution < -0.4 is 5.32 Å². The SMILES string of the molecule is CCN(CC)S(=O)(=O)c1cc(C)c(NC2=CC(=O)N(CCO)C2=O)c(S(=O)(=O)N(CC)CC)c1. The van der Waals surface area contributed by atoms with Gasteiger partial charge < -0.3 is 10.4 Å². The number of aliphatic hydroxyl groups is 1. The van der Waals surface area contributed by atoms with E-state index < -0.39 is 38.5 Å². The van der Waals surface area contributed by atoms with Crippen LogP contribution in [0, 0.1) is 6.92 Å². The Balaban J connectivity index is 2.73. The van der Waals surface area contributed by atoms with Crippen LogP contribution in [0.1, 0.15) is 33.3 Å². The molecular formula is C21H32N4O7S2. The molecule has 0 aliphatic carbocycles. The van der Waals surface area contributed by atoms with Crippen molar-refractivity contribution >= 4 is 37.5 Å². The zero-order valence-corrected chi connectivity index (χ0v) is 21.7. The van der Waals surface area contributed by atoms with E-state index in [4.69, 9.17) is 5.11 Å². The molecule has 2 amide bonds. The van der Waals surface area contributed by atoms with Crippen LogP contribution in [-0.2, 0) is 29.6 Å². The van der Waals surface area contributed by atoms with Gasteiger partial charge in [0.05, 0.1) is 23.7 Å². The highest BCUT2D eigenvalue weighted by molar-refractivity contribution is 7.90. The lowest BCUT2D eigenvalue weighted by atomic mass is 10.2. The van der Waals surface area contributed by atoms with Gasteiger partial charge in [-0.1, -0.05) is 27.7 Å². The number of amides is 2. The summed E-state index contributed by atoms with van der Waals surface area (Å²) in [4.78, 5) is 25.1. The fraction of sp³-hybridized carbons (Fsp3) is 0.524. The summed E-state index contributed by atoms with van der Waals surface area (Å²) in [7, 11) is -8.14. The Morgan fingerprint density at radius 3 is 1.94 bits per heavy atom. The smallest absolute Gasteiger partial charge is 0.277 e.